The van der Waals surface area contributed by atoms with E-state index in [1.165, 1.54) is 0 Å². The standard InChI is InChI=1S/C6H5Cl2N3O/c7-4-3-5(9-1-2-12-3)11-6(8)10-4/h1-2H2,(H,9,10,11). The van der Waals surface area contributed by atoms with Crippen LogP contribution >= 0.6 is 23.2 Å². The highest BCUT2D eigenvalue weighted by atomic mass is 35.5. The molecule has 0 saturated carbocycles. The molecular weight excluding hydrogens is 201 g/mol. The second kappa shape index (κ2) is 2.95. The summed E-state index contributed by atoms with van der Waals surface area (Å²) in [5, 5.41) is 3.37. The monoisotopic (exact) mass is 205 g/mol. The molecule has 1 aromatic rings. The summed E-state index contributed by atoms with van der Waals surface area (Å²) < 4.78 is 5.23. The van der Waals surface area contributed by atoms with E-state index >= 15 is 0 Å². The van der Waals surface area contributed by atoms with E-state index in [1.54, 1.807) is 0 Å². The second-order valence-electron chi connectivity index (χ2n) is 2.24. The van der Waals surface area contributed by atoms with E-state index in [4.69, 9.17) is 27.9 Å². The van der Waals surface area contributed by atoms with Crippen LogP contribution in [0.4, 0.5) is 5.82 Å². The zero-order chi connectivity index (χ0) is 8.55. The van der Waals surface area contributed by atoms with Gasteiger partial charge in [-0.05, 0) is 11.6 Å². The van der Waals surface area contributed by atoms with Gasteiger partial charge in [-0.2, -0.15) is 4.98 Å². The Morgan fingerprint density at radius 2 is 2.17 bits per heavy atom. The molecule has 64 valence electrons. The van der Waals surface area contributed by atoms with E-state index in [0.29, 0.717) is 24.7 Å². The molecule has 0 spiro atoms. The Kier molecular flexibility index (Phi) is 1.94. The summed E-state index contributed by atoms with van der Waals surface area (Å²) in [6, 6.07) is 0. The summed E-state index contributed by atoms with van der Waals surface area (Å²) in [5.41, 5.74) is 0. The molecule has 0 unspecified atom stereocenters. The summed E-state index contributed by atoms with van der Waals surface area (Å²) in [4.78, 5) is 7.65. The molecule has 1 aliphatic rings. The third-order valence-electron chi connectivity index (χ3n) is 1.44. The van der Waals surface area contributed by atoms with Crippen molar-refractivity contribution in [3.05, 3.63) is 10.4 Å². The van der Waals surface area contributed by atoms with Crippen LogP contribution in [-0.2, 0) is 0 Å². The molecule has 2 rings (SSSR count). The highest BCUT2D eigenvalue weighted by Crippen LogP contribution is 2.32. The summed E-state index contributed by atoms with van der Waals surface area (Å²) in [6.45, 7) is 1.27. The van der Waals surface area contributed by atoms with E-state index in [-0.39, 0.29) is 10.4 Å². The van der Waals surface area contributed by atoms with Crippen LogP contribution in [0.1, 0.15) is 0 Å². The summed E-state index contributed by atoms with van der Waals surface area (Å²) in [7, 11) is 0. The van der Waals surface area contributed by atoms with Gasteiger partial charge in [-0.1, -0.05) is 11.6 Å². The fourth-order valence-corrected chi connectivity index (χ4v) is 1.40. The largest absolute Gasteiger partial charge is 0.485 e. The zero-order valence-corrected chi connectivity index (χ0v) is 7.48. The van der Waals surface area contributed by atoms with Crippen LogP contribution < -0.4 is 10.1 Å². The maximum absolute atomic E-state index is 5.75. The first-order valence-corrected chi connectivity index (χ1v) is 4.12. The highest BCUT2D eigenvalue weighted by molar-refractivity contribution is 6.33. The predicted octanol–water partition coefficient (Wildman–Crippen LogP) is 1.59. The van der Waals surface area contributed by atoms with E-state index in [0.717, 1.165) is 0 Å². The Hall–Kier alpha value is -0.740. The average Bonchev–Trinajstić information content (AvgIpc) is 2.04. The van der Waals surface area contributed by atoms with Crippen LogP contribution in [0.15, 0.2) is 0 Å². The molecule has 12 heavy (non-hydrogen) atoms. The molecule has 4 nitrogen and oxygen atoms in total. The molecule has 0 aromatic carbocycles. The molecule has 0 aliphatic carbocycles. The Labute approximate surface area is 78.9 Å². The van der Waals surface area contributed by atoms with Crippen molar-refractivity contribution in [3.8, 4) is 5.75 Å². The quantitative estimate of drug-likeness (QED) is 0.517. The smallest absolute Gasteiger partial charge is 0.226 e. The number of hydrogen-bond acceptors (Lipinski definition) is 4. The molecule has 6 heteroatoms. The van der Waals surface area contributed by atoms with Gasteiger partial charge >= 0.3 is 0 Å². The predicted molar refractivity (Wildman–Crippen MR) is 46.0 cm³/mol. The van der Waals surface area contributed by atoms with Crippen LogP contribution in [0.25, 0.3) is 0 Å². The first-order chi connectivity index (χ1) is 5.77. The molecule has 1 N–H and O–H groups in total. The Balaban J connectivity index is 2.53. The molecule has 0 saturated heterocycles. The van der Waals surface area contributed by atoms with Gasteiger partial charge in [0, 0.05) is 0 Å². The number of ether oxygens (including phenoxy) is 1. The van der Waals surface area contributed by atoms with Gasteiger partial charge in [0.25, 0.3) is 0 Å². The topological polar surface area (TPSA) is 47.0 Å². The van der Waals surface area contributed by atoms with Crippen molar-refractivity contribution in [1.29, 1.82) is 0 Å². The van der Waals surface area contributed by atoms with Gasteiger partial charge < -0.3 is 10.1 Å². The summed E-state index contributed by atoms with van der Waals surface area (Å²) in [6.07, 6.45) is 0. The third kappa shape index (κ3) is 1.28. The number of rotatable bonds is 0. The lowest BCUT2D eigenvalue weighted by Gasteiger charge is -2.17. The van der Waals surface area contributed by atoms with Crippen LogP contribution in [0, 0.1) is 0 Å². The average molecular weight is 206 g/mol. The van der Waals surface area contributed by atoms with Gasteiger partial charge in [0.2, 0.25) is 5.28 Å². The second-order valence-corrected chi connectivity index (χ2v) is 2.93. The van der Waals surface area contributed by atoms with Crippen molar-refractivity contribution in [2.45, 2.75) is 0 Å². The van der Waals surface area contributed by atoms with Crippen LogP contribution in [0.2, 0.25) is 10.4 Å². The molecule has 0 radical (unpaired) electrons. The number of nitrogens with zero attached hydrogens (tertiary/aromatic N) is 2. The molecular formula is C6H5Cl2N3O. The van der Waals surface area contributed by atoms with E-state index in [1.807, 2.05) is 0 Å². The minimum atomic E-state index is 0.122. The van der Waals surface area contributed by atoms with Crippen molar-refractivity contribution in [2.24, 2.45) is 0 Å². The number of nitrogens with one attached hydrogen (secondary N) is 1. The lowest BCUT2D eigenvalue weighted by Crippen LogP contribution is -2.19. The van der Waals surface area contributed by atoms with Gasteiger partial charge in [0.15, 0.2) is 16.7 Å². The third-order valence-corrected chi connectivity index (χ3v) is 1.86. The molecule has 1 aromatic heterocycles. The maximum atomic E-state index is 5.75. The molecule has 2 heterocycles. The minimum Gasteiger partial charge on any atom is -0.485 e. The lowest BCUT2D eigenvalue weighted by molar-refractivity contribution is 0.320. The molecule has 0 atom stereocenters. The number of aromatic nitrogens is 2. The molecule has 0 amide bonds. The fourth-order valence-electron chi connectivity index (χ4n) is 0.968. The number of hydrogen-bond donors (Lipinski definition) is 1. The molecule has 1 aliphatic heterocycles. The number of anilines is 1. The Morgan fingerprint density at radius 3 is 3.00 bits per heavy atom. The van der Waals surface area contributed by atoms with E-state index < -0.39 is 0 Å². The van der Waals surface area contributed by atoms with Gasteiger partial charge in [0.05, 0.1) is 6.54 Å². The van der Waals surface area contributed by atoms with Crippen LogP contribution in [-0.4, -0.2) is 23.1 Å². The number of fused-ring (bicyclic) bond motifs is 1. The normalized spacial score (nSPS) is 14.5. The van der Waals surface area contributed by atoms with E-state index in [2.05, 4.69) is 15.3 Å². The first-order valence-electron chi connectivity index (χ1n) is 3.37. The van der Waals surface area contributed by atoms with Crippen molar-refractivity contribution >= 4 is 29.0 Å². The highest BCUT2D eigenvalue weighted by Gasteiger charge is 2.16. The van der Waals surface area contributed by atoms with Crippen molar-refractivity contribution in [2.75, 3.05) is 18.5 Å². The zero-order valence-electron chi connectivity index (χ0n) is 5.97. The van der Waals surface area contributed by atoms with Crippen LogP contribution in [0.5, 0.6) is 5.75 Å². The SMILES string of the molecule is Clc1nc(Cl)c2c(n1)NCCO2. The number of halogens is 2. The van der Waals surface area contributed by atoms with Crippen molar-refractivity contribution in [3.63, 3.8) is 0 Å². The lowest BCUT2D eigenvalue weighted by atomic mass is 10.4. The van der Waals surface area contributed by atoms with Crippen molar-refractivity contribution < 1.29 is 4.74 Å². The van der Waals surface area contributed by atoms with Gasteiger partial charge in [-0.3, -0.25) is 0 Å². The Morgan fingerprint density at radius 1 is 1.33 bits per heavy atom. The Bertz CT molecular complexity index is 318. The maximum Gasteiger partial charge on any atom is 0.226 e. The molecule has 0 fully saturated rings. The molecule has 0 bridgehead atoms. The van der Waals surface area contributed by atoms with Gasteiger partial charge in [-0.15, -0.1) is 0 Å². The van der Waals surface area contributed by atoms with Crippen molar-refractivity contribution in [1.82, 2.24) is 9.97 Å². The van der Waals surface area contributed by atoms with E-state index in [9.17, 15) is 0 Å². The minimum absolute atomic E-state index is 0.122. The van der Waals surface area contributed by atoms with Crippen LogP contribution in [0.3, 0.4) is 0 Å². The van der Waals surface area contributed by atoms with Gasteiger partial charge in [0.1, 0.15) is 6.61 Å². The van der Waals surface area contributed by atoms with Gasteiger partial charge in [-0.25, -0.2) is 4.98 Å². The summed E-state index contributed by atoms with van der Waals surface area (Å²) in [5.74, 6) is 1.04. The first kappa shape index (κ1) is 7.89. The fraction of sp³-hybridized carbons (Fsp3) is 0.333. The summed E-state index contributed by atoms with van der Waals surface area (Å²) >= 11 is 11.3.